The van der Waals surface area contributed by atoms with Crippen LogP contribution in [0, 0.1) is 11.3 Å². The average Bonchev–Trinajstić information content (AvgIpc) is 2.30. The molecule has 0 aliphatic carbocycles. The van der Waals surface area contributed by atoms with Gasteiger partial charge in [0.1, 0.15) is 11.8 Å². The van der Waals surface area contributed by atoms with Crippen molar-refractivity contribution in [2.45, 2.75) is 25.3 Å². The molecule has 1 fully saturated rings. The average molecular weight is 217 g/mol. The predicted octanol–water partition coefficient (Wildman–Crippen LogP) is 1.93. The molecule has 0 saturated carbocycles. The minimum atomic E-state index is -0.0198. The number of rotatable bonds is 2. The Labute approximate surface area is 95.3 Å². The third-order valence-electron chi connectivity index (χ3n) is 2.76. The molecule has 1 aliphatic rings. The van der Waals surface area contributed by atoms with Gasteiger partial charge in [-0.1, -0.05) is 0 Å². The van der Waals surface area contributed by atoms with E-state index in [1.165, 1.54) is 0 Å². The molecule has 0 bridgehead atoms. The minimum absolute atomic E-state index is 0.0198. The van der Waals surface area contributed by atoms with Crippen molar-refractivity contribution in [1.29, 1.82) is 5.26 Å². The normalized spacial score (nSPS) is 24.8. The van der Waals surface area contributed by atoms with Crippen molar-refractivity contribution in [3.05, 3.63) is 24.0 Å². The number of aromatic nitrogens is 1. The summed E-state index contributed by atoms with van der Waals surface area (Å²) < 4.78 is 5.47. The first-order chi connectivity index (χ1) is 7.72. The Bertz CT molecular complexity index is 388. The molecule has 1 N–H and O–H groups in total. The van der Waals surface area contributed by atoms with Crippen molar-refractivity contribution in [2.75, 3.05) is 18.5 Å². The van der Waals surface area contributed by atoms with Gasteiger partial charge in [0.05, 0.1) is 24.0 Å². The summed E-state index contributed by atoms with van der Waals surface area (Å²) in [6.07, 6.45) is 3.86. The van der Waals surface area contributed by atoms with Gasteiger partial charge >= 0.3 is 0 Å². The van der Waals surface area contributed by atoms with Crippen LogP contribution < -0.4 is 5.32 Å². The van der Waals surface area contributed by atoms with Crippen molar-refractivity contribution < 1.29 is 4.74 Å². The van der Waals surface area contributed by atoms with Gasteiger partial charge in [0.2, 0.25) is 0 Å². The summed E-state index contributed by atoms with van der Waals surface area (Å²) in [5, 5.41) is 12.1. The Balaban J connectivity index is 2.05. The molecule has 1 saturated heterocycles. The fraction of sp³-hybridized carbons (Fsp3) is 0.500. The first kappa shape index (κ1) is 10.9. The van der Waals surface area contributed by atoms with Crippen molar-refractivity contribution in [2.24, 2.45) is 0 Å². The summed E-state index contributed by atoms with van der Waals surface area (Å²) in [5.74, 6) is 0. The lowest BCUT2D eigenvalue weighted by Gasteiger charge is -2.35. The monoisotopic (exact) mass is 217 g/mol. The summed E-state index contributed by atoms with van der Waals surface area (Å²) in [6.45, 7) is 3.71. The highest BCUT2D eigenvalue weighted by Crippen LogP contribution is 2.23. The topological polar surface area (TPSA) is 57.9 Å². The van der Waals surface area contributed by atoms with Crippen LogP contribution in [0.2, 0.25) is 0 Å². The quantitative estimate of drug-likeness (QED) is 0.822. The van der Waals surface area contributed by atoms with E-state index in [1.807, 2.05) is 12.1 Å². The number of nitrogens with zero attached hydrogens (tertiary/aromatic N) is 2. The Morgan fingerprint density at radius 2 is 2.44 bits per heavy atom. The molecular formula is C12H15N3O. The molecule has 16 heavy (non-hydrogen) atoms. The van der Waals surface area contributed by atoms with Crippen LogP contribution in [0.25, 0.3) is 0 Å². The zero-order valence-electron chi connectivity index (χ0n) is 9.36. The summed E-state index contributed by atoms with van der Waals surface area (Å²) in [5.41, 5.74) is 1.36. The molecule has 2 heterocycles. The maximum atomic E-state index is 8.65. The highest BCUT2D eigenvalue weighted by Gasteiger charge is 2.27. The molecule has 1 aromatic heterocycles. The largest absolute Gasteiger partial charge is 0.379 e. The molecule has 1 aromatic rings. The zero-order chi connectivity index (χ0) is 11.4. The fourth-order valence-corrected chi connectivity index (χ4v) is 1.91. The third kappa shape index (κ3) is 2.50. The predicted molar refractivity (Wildman–Crippen MR) is 61.0 cm³/mol. The fourth-order valence-electron chi connectivity index (χ4n) is 1.91. The van der Waals surface area contributed by atoms with E-state index in [2.05, 4.69) is 17.2 Å². The molecule has 4 heteroatoms. The Morgan fingerprint density at radius 3 is 3.00 bits per heavy atom. The number of hydrogen-bond donors (Lipinski definition) is 1. The van der Waals surface area contributed by atoms with Gasteiger partial charge in [-0.15, -0.1) is 0 Å². The van der Waals surface area contributed by atoms with Crippen LogP contribution >= 0.6 is 0 Å². The first-order valence-corrected chi connectivity index (χ1v) is 5.44. The van der Waals surface area contributed by atoms with Crippen molar-refractivity contribution in [3.8, 4) is 6.07 Å². The summed E-state index contributed by atoms with van der Waals surface area (Å²) >= 11 is 0. The van der Waals surface area contributed by atoms with E-state index in [4.69, 9.17) is 10.00 Å². The second-order valence-electron chi connectivity index (χ2n) is 4.39. The SMILES string of the molecule is CC1(Nc2ccc(C#N)nc2)CCCOC1. The highest BCUT2D eigenvalue weighted by atomic mass is 16.5. The summed E-state index contributed by atoms with van der Waals surface area (Å²) in [6, 6.07) is 5.60. The first-order valence-electron chi connectivity index (χ1n) is 5.44. The van der Waals surface area contributed by atoms with Gasteiger partial charge in [-0.05, 0) is 31.9 Å². The number of hydrogen-bond acceptors (Lipinski definition) is 4. The van der Waals surface area contributed by atoms with Crippen LogP contribution in [0.3, 0.4) is 0 Å². The van der Waals surface area contributed by atoms with E-state index in [1.54, 1.807) is 12.3 Å². The number of nitrogens with one attached hydrogen (secondary N) is 1. The maximum absolute atomic E-state index is 8.65. The number of anilines is 1. The zero-order valence-corrected chi connectivity index (χ0v) is 9.36. The van der Waals surface area contributed by atoms with Gasteiger partial charge in [0.15, 0.2) is 0 Å². The van der Waals surface area contributed by atoms with Crippen LogP contribution in [0.1, 0.15) is 25.5 Å². The van der Waals surface area contributed by atoms with Crippen molar-refractivity contribution in [3.63, 3.8) is 0 Å². The number of ether oxygens (including phenoxy) is 1. The summed E-state index contributed by atoms with van der Waals surface area (Å²) in [4.78, 5) is 4.03. The molecular weight excluding hydrogens is 202 g/mol. The van der Waals surface area contributed by atoms with E-state index >= 15 is 0 Å². The van der Waals surface area contributed by atoms with Gasteiger partial charge in [-0.25, -0.2) is 4.98 Å². The minimum Gasteiger partial charge on any atom is -0.379 e. The van der Waals surface area contributed by atoms with Crippen molar-refractivity contribution in [1.82, 2.24) is 4.98 Å². The lowest BCUT2D eigenvalue weighted by molar-refractivity contribution is 0.0540. The Kier molecular flexibility index (Phi) is 3.07. The molecule has 0 radical (unpaired) electrons. The van der Waals surface area contributed by atoms with E-state index in [0.29, 0.717) is 12.3 Å². The smallest absolute Gasteiger partial charge is 0.140 e. The van der Waals surface area contributed by atoms with Crippen LogP contribution in [0.15, 0.2) is 18.3 Å². The van der Waals surface area contributed by atoms with Gasteiger partial charge in [-0.3, -0.25) is 0 Å². The van der Waals surface area contributed by atoms with Gasteiger partial charge in [0.25, 0.3) is 0 Å². The lowest BCUT2D eigenvalue weighted by Crippen LogP contribution is -2.43. The maximum Gasteiger partial charge on any atom is 0.140 e. The van der Waals surface area contributed by atoms with E-state index in [0.717, 1.165) is 25.1 Å². The Morgan fingerprint density at radius 1 is 1.56 bits per heavy atom. The number of nitriles is 1. The van der Waals surface area contributed by atoms with Crippen molar-refractivity contribution >= 4 is 5.69 Å². The molecule has 1 aliphatic heterocycles. The molecule has 0 amide bonds. The number of pyridine rings is 1. The van der Waals surface area contributed by atoms with Gasteiger partial charge in [-0.2, -0.15) is 5.26 Å². The Hall–Kier alpha value is -1.60. The van der Waals surface area contributed by atoms with Crippen LogP contribution in [-0.4, -0.2) is 23.7 Å². The molecule has 1 unspecified atom stereocenters. The van der Waals surface area contributed by atoms with Gasteiger partial charge < -0.3 is 10.1 Å². The molecule has 0 aromatic carbocycles. The van der Waals surface area contributed by atoms with Gasteiger partial charge in [0, 0.05) is 6.61 Å². The standard InChI is InChI=1S/C12H15N3O/c1-12(5-2-6-16-9-12)15-11-4-3-10(7-13)14-8-11/h3-4,8,15H,2,5-6,9H2,1H3. The molecule has 0 spiro atoms. The second kappa shape index (κ2) is 4.50. The molecule has 84 valence electrons. The van der Waals surface area contributed by atoms with Crippen LogP contribution in [0.4, 0.5) is 5.69 Å². The van der Waals surface area contributed by atoms with E-state index in [9.17, 15) is 0 Å². The van der Waals surface area contributed by atoms with Crippen LogP contribution in [0.5, 0.6) is 0 Å². The second-order valence-corrected chi connectivity index (χ2v) is 4.39. The third-order valence-corrected chi connectivity index (χ3v) is 2.76. The highest BCUT2D eigenvalue weighted by molar-refractivity contribution is 5.45. The van der Waals surface area contributed by atoms with E-state index in [-0.39, 0.29) is 5.54 Å². The molecule has 2 rings (SSSR count). The van der Waals surface area contributed by atoms with Crippen LogP contribution in [-0.2, 0) is 4.74 Å². The lowest BCUT2D eigenvalue weighted by atomic mass is 9.94. The van der Waals surface area contributed by atoms with E-state index < -0.39 is 0 Å². The molecule has 1 atom stereocenters. The summed E-state index contributed by atoms with van der Waals surface area (Å²) in [7, 11) is 0. The molecule has 4 nitrogen and oxygen atoms in total.